The molecular formula is C18H13F3N2O. The maximum absolute atomic E-state index is 14.3. The fourth-order valence-corrected chi connectivity index (χ4v) is 3.41. The fourth-order valence-electron chi connectivity index (χ4n) is 3.41. The number of nitrogens with zero attached hydrogens (tertiary/aromatic N) is 1. The van der Waals surface area contributed by atoms with Crippen LogP contribution < -0.4 is 5.32 Å². The molecule has 0 fully saturated rings. The normalized spacial score (nSPS) is 13.9. The Bertz CT molecular complexity index is 1010. The molecule has 0 radical (unpaired) electrons. The van der Waals surface area contributed by atoms with Gasteiger partial charge in [-0.2, -0.15) is 0 Å². The third-order valence-corrected chi connectivity index (χ3v) is 4.43. The Morgan fingerprint density at radius 1 is 1.04 bits per heavy atom. The van der Waals surface area contributed by atoms with Crippen LogP contribution in [0.2, 0.25) is 0 Å². The second-order valence-corrected chi connectivity index (χ2v) is 5.85. The quantitative estimate of drug-likeness (QED) is 0.724. The number of aryl methyl sites for hydroxylation is 1. The Kier molecular flexibility index (Phi) is 3.16. The van der Waals surface area contributed by atoms with Crippen LogP contribution in [0.3, 0.4) is 0 Å². The number of carbonyl (C=O) groups is 1. The van der Waals surface area contributed by atoms with Crippen molar-refractivity contribution in [1.29, 1.82) is 0 Å². The molecule has 0 aliphatic carbocycles. The van der Waals surface area contributed by atoms with Crippen LogP contribution in [0, 0.1) is 24.4 Å². The third kappa shape index (κ3) is 2.02. The molecule has 1 aromatic heterocycles. The molecule has 1 aliphatic rings. The van der Waals surface area contributed by atoms with Gasteiger partial charge in [0, 0.05) is 35.7 Å². The highest BCUT2D eigenvalue weighted by molar-refractivity contribution is 6.06. The Balaban J connectivity index is 2.13. The molecule has 2 heterocycles. The average molecular weight is 330 g/mol. The topological polar surface area (TPSA) is 34.0 Å². The van der Waals surface area contributed by atoms with Crippen LogP contribution in [0.1, 0.15) is 16.1 Å². The van der Waals surface area contributed by atoms with Crippen LogP contribution in [0.5, 0.6) is 0 Å². The van der Waals surface area contributed by atoms with Crippen molar-refractivity contribution in [2.45, 2.75) is 13.5 Å². The monoisotopic (exact) mass is 330 g/mol. The molecule has 0 saturated carbocycles. The Morgan fingerprint density at radius 2 is 1.83 bits per heavy atom. The van der Waals surface area contributed by atoms with Crippen molar-refractivity contribution in [3.63, 3.8) is 0 Å². The lowest BCUT2D eigenvalue weighted by atomic mass is 10.0. The van der Waals surface area contributed by atoms with Gasteiger partial charge in [0.25, 0.3) is 5.91 Å². The Hall–Kier alpha value is -2.76. The number of amides is 1. The SMILES string of the molecule is Cc1c2n(c3c(-c4ccc(F)cc4F)cc(F)cc13)CCNC2=O. The summed E-state index contributed by atoms with van der Waals surface area (Å²) in [6.45, 7) is 2.69. The van der Waals surface area contributed by atoms with Crippen LogP contribution in [0.25, 0.3) is 22.0 Å². The fraction of sp³-hybridized carbons (Fsp3) is 0.167. The Morgan fingerprint density at radius 3 is 2.58 bits per heavy atom. The summed E-state index contributed by atoms with van der Waals surface area (Å²) in [5.74, 6) is -2.24. The molecule has 3 nitrogen and oxygen atoms in total. The van der Waals surface area contributed by atoms with Crippen molar-refractivity contribution in [2.24, 2.45) is 0 Å². The number of fused-ring (bicyclic) bond motifs is 3. The summed E-state index contributed by atoms with van der Waals surface area (Å²) >= 11 is 0. The molecule has 0 saturated heterocycles. The molecule has 4 rings (SSSR count). The predicted molar refractivity (Wildman–Crippen MR) is 84.3 cm³/mol. The van der Waals surface area contributed by atoms with E-state index in [1.54, 1.807) is 11.5 Å². The van der Waals surface area contributed by atoms with E-state index < -0.39 is 17.5 Å². The van der Waals surface area contributed by atoms with Crippen LogP contribution in [-0.4, -0.2) is 17.0 Å². The summed E-state index contributed by atoms with van der Waals surface area (Å²) in [6, 6.07) is 5.75. The molecule has 1 N–H and O–H groups in total. The standard InChI is InChI=1S/C18H13F3N2O/c1-9-13-6-11(20)7-14(12-3-2-10(19)8-15(12)21)17(13)23-5-4-22-18(24)16(9)23/h2-3,6-8H,4-5H2,1H3,(H,22,24). The van der Waals surface area contributed by atoms with E-state index in [1.807, 2.05) is 0 Å². The first-order valence-corrected chi connectivity index (χ1v) is 7.53. The maximum atomic E-state index is 14.3. The summed E-state index contributed by atoms with van der Waals surface area (Å²) < 4.78 is 43.4. The highest BCUT2D eigenvalue weighted by Crippen LogP contribution is 2.36. The molecule has 1 amide bonds. The Labute approximate surface area is 135 Å². The van der Waals surface area contributed by atoms with E-state index in [1.165, 1.54) is 18.2 Å². The van der Waals surface area contributed by atoms with Gasteiger partial charge in [-0.25, -0.2) is 13.2 Å². The molecule has 122 valence electrons. The van der Waals surface area contributed by atoms with Gasteiger partial charge in [-0.3, -0.25) is 4.79 Å². The van der Waals surface area contributed by atoms with Gasteiger partial charge in [-0.05, 0) is 36.8 Å². The summed E-state index contributed by atoms with van der Waals surface area (Å²) in [5.41, 5.74) is 2.10. The summed E-state index contributed by atoms with van der Waals surface area (Å²) in [4.78, 5) is 12.2. The molecule has 2 aromatic carbocycles. The number of nitrogens with one attached hydrogen (secondary N) is 1. The zero-order valence-electron chi connectivity index (χ0n) is 12.8. The molecule has 0 spiro atoms. The zero-order chi connectivity index (χ0) is 17.0. The van der Waals surface area contributed by atoms with Gasteiger partial charge in [-0.1, -0.05) is 0 Å². The summed E-state index contributed by atoms with van der Waals surface area (Å²) in [6.07, 6.45) is 0. The van der Waals surface area contributed by atoms with E-state index in [-0.39, 0.29) is 11.5 Å². The minimum Gasteiger partial charge on any atom is -0.349 e. The van der Waals surface area contributed by atoms with Gasteiger partial charge < -0.3 is 9.88 Å². The number of rotatable bonds is 1. The highest BCUT2D eigenvalue weighted by atomic mass is 19.1. The van der Waals surface area contributed by atoms with E-state index in [4.69, 9.17) is 0 Å². The van der Waals surface area contributed by atoms with Gasteiger partial charge in [-0.15, -0.1) is 0 Å². The number of benzene rings is 2. The summed E-state index contributed by atoms with van der Waals surface area (Å²) in [7, 11) is 0. The van der Waals surface area contributed by atoms with E-state index in [2.05, 4.69) is 5.32 Å². The van der Waals surface area contributed by atoms with Gasteiger partial charge >= 0.3 is 0 Å². The molecule has 0 bridgehead atoms. The van der Waals surface area contributed by atoms with Crippen LogP contribution >= 0.6 is 0 Å². The van der Waals surface area contributed by atoms with Crippen molar-refractivity contribution >= 4 is 16.8 Å². The molecular weight excluding hydrogens is 317 g/mol. The molecule has 1 aliphatic heterocycles. The van der Waals surface area contributed by atoms with E-state index in [0.717, 1.165) is 12.1 Å². The number of carbonyl (C=O) groups excluding carboxylic acids is 1. The number of hydrogen-bond acceptors (Lipinski definition) is 1. The first kappa shape index (κ1) is 14.8. The zero-order valence-corrected chi connectivity index (χ0v) is 12.8. The van der Waals surface area contributed by atoms with Crippen molar-refractivity contribution in [3.8, 4) is 11.1 Å². The van der Waals surface area contributed by atoms with Gasteiger partial charge in [0.1, 0.15) is 23.1 Å². The minimum absolute atomic E-state index is 0.104. The molecule has 0 unspecified atom stereocenters. The average Bonchev–Trinajstić information content (AvgIpc) is 2.81. The van der Waals surface area contributed by atoms with Crippen molar-refractivity contribution in [2.75, 3.05) is 6.54 Å². The van der Waals surface area contributed by atoms with Crippen LogP contribution in [0.4, 0.5) is 13.2 Å². The lowest BCUT2D eigenvalue weighted by Crippen LogP contribution is -2.35. The van der Waals surface area contributed by atoms with Gasteiger partial charge in [0.15, 0.2) is 0 Å². The summed E-state index contributed by atoms with van der Waals surface area (Å²) in [5, 5.41) is 3.31. The lowest BCUT2D eigenvalue weighted by molar-refractivity contribution is 0.0928. The smallest absolute Gasteiger partial charge is 0.268 e. The maximum Gasteiger partial charge on any atom is 0.268 e. The minimum atomic E-state index is -0.768. The lowest BCUT2D eigenvalue weighted by Gasteiger charge is -2.18. The van der Waals surface area contributed by atoms with E-state index in [0.29, 0.717) is 40.8 Å². The number of aromatic nitrogens is 1. The predicted octanol–water partition coefficient (Wildman–Crippen LogP) is 3.78. The second kappa shape index (κ2) is 5.12. The molecule has 6 heteroatoms. The van der Waals surface area contributed by atoms with Gasteiger partial charge in [0.05, 0.1) is 5.52 Å². The molecule has 24 heavy (non-hydrogen) atoms. The first-order chi connectivity index (χ1) is 11.5. The van der Waals surface area contributed by atoms with Crippen molar-refractivity contribution in [3.05, 3.63) is 59.0 Å². The van der Waals surface area contributed by atoms with Gasteiger partial charge in [0.2, 0.25) is 0 Å². The van der Waals surface area contributed by atoms with Crippen molar-refractivity contribution < 1.29 is 18.0 Å². The molecule has 0 atom stereocenters. The van der Waals surface area contributed by atoms with Crippen molar-refractivity contribution in [1.82, 2.24) is 9.88 Å². The van der Waals surface area contributed by atoms with Crippen LogP contribution in [-0.2, 0) is 6.54 Å². The number of halogens is 3. The van der Waals surface area contributed by atoms with E-state index >= 15 is 0 Å². The van der Waals surface area contributed by atoms with Crippen LogP contribution in [0.15, 0.2) is 30.3 Å². The number of hydrogen-bond donors (Lipinski definition) is 1. The third-order valence-electron chi connectivity index (χ3n) is 4.43. The second-order valence-electron chi connectivity index (χ2n) is 5.85. The first-order valence-electron chi connectivity index (χ1n) is 7.53. The molecule has 3 aromatic rings. The highest BCUT2D eigenvalue weighted by Gasteiger charge is 2.26. The largest absolute Gasteiger partial charge is 0.349 e. The van der Waals surface area contributed by atoms with E-state index in [9.17, 15) is 18.0 Å².